The van der Waals surface area contributed by atoms with E-state index in [2.05, 4.69) is 0 Å². The fourth-order valence-electron chi connectivity index (χ4n) is 0.995. The fraction of sp³-hybridized carbons (Fsp3) is 0.364. The van der Waals surface area contributed by atoms with Gasteiger partial charge in [0.15, 0.2) is 18.2 Å². The molecule has 0 aliphatic carbocycles. The minimum atomic E-state index is -0.506. The first-order valence-electron chi connectivity index (χ1n) is 4.66. The molecule has 0 bridgehead atoms. The topological polar surface area (TPSA) is 35.5 Å². The molecule has 1 aromatic carbocycles. The van der Waals surface area contributed by atoms with Crippen molar-refractivity contribution >= 4 is 5.97 Å². The second kappa shape index (κ2) is 5.34. The van der Waals surface area contributed by atoms with Crippen molar-refractivity contribution < 1.29 is 18.7 Å². The molecular formula is C11H13FO3. The third kappa shape index (κ3) is 3.97. The summed E-state index contributed by atoms with van der Waals surface area (Å²) in [4.78, 5) is 11.1. The van der Waals surface area contributed by atoms with Crippen LogP contribution in [-0.2, 0) is 9.53 Å². The molecule has 1 rings (SSSR count). The number of halogens is 1. The van der Waals surface area contributed by atoms with Gasteiger partial charge in [-0.1, -0.05) is 12.1 Å². The minimum absolute atomic E-state index is 0.0539. The summed E-state index contributed by atoms with van der Waals surface area (Å²) in [5, 5.41) is 0. The van der Waals surface area contributed by atoms with Gasteiger partial charge in [0.25, 0.3) is 0 Å². The van der Waals surface area contributed by atoms with Crippen molar-refractivity contribution in [3.63, 3.8) is 0 Å². The first-order valence-corrected chi connectivity index (χ1v) is 4.66. The lowest BCUT2D eigenvalue weighted by Crippen LogP contribution is -2.18. The number of benzene rings is 1. The molecule has 3 nitrogen and oxygen atoms in total. The lowest BCUT2D eigenvalue weighted by Gasteiger charge is -2.09. The van der Waals surface area contributed by atoms with Crippen molar-refractivity contribution in [3.8, 4) is 5.75 Å². The Hall–Kier alpha value is -1.58. The van der Waals surface area contributed by atoms with Crippen molar-refractivity contribution in [2.24, 2.45) is 0 Å². The van der Waals surface area contributed by atoms with Crippen molar-refractivity contribution in [2.75, 3.05) is 6.61 Å². The highest BCUT2D eigenvalue weighted by atomic mass is 19.1. The lowest BCUT2D eigenvalue weighted by atomic mass is 10.3. The Morgan fingerprint density at radius 1 is 1.40 bits per heavy atom. The van der Waals surface area contributed by atoms with Crippen LogP contribution in [0, 0.1) is 5.82 Å². The van der Waals surface area contributed by atoms with E-state index in [9.17, 15) is 9.18 Å². The Kier molecular flexibility index (Phi) is 4.09. The first-order chi connectivity index (χ1) is 7.09. The monoisotopic (exact) mass is 212 g/mol. The maximum Gasteiger partial charge on any atom is 0.344 e. The summed E-state index contributed by atoms with van der Waals surface area (Å²) >= 11 is 0. The van der Waals surface area contributed by atoms with E-state index in [1.807, 2.05) is 0 Å². The van der Waals surface area contributed by atoms with E-state index in [0.29, 0.717) is 0 Å². The van der Waals surface area contributed by atoms with Crippen molar-refractivity contribution in [3.05, 3.63) is 30.1 Å². The molecule has 0 N–H and O–H groups in total. The van der Waals surface area contributed by atoms with Gasteiger partial charge in [-0.2, -0.15) is 0 Å². The molecule has 0 aromatic heterocycles. The molecule has 0 aliphatic rings. The van der Waals surface area contributed by atoms with Crippen molar-refractivity contribution in [1.82, 2.24) is 0 Å². The van der Waals surface area contributed by atoms with Gasteiger partial charge in [0, 0.05) is 0 Å². The van der Waals surface area contributed by atoms with Crippen LogP contribution < -0.4 is 4.74 Å². The van der Waals surface area contributed by atoms with Crippen molar-refractivity contribution in [2.45, 2.75) is 20.0 Å². The van der Waals surface area contributed by atoms with Gasteiger partial charge >= 0.3 is 5.97 Å². The molecule has 0 radical (unpaired) electrons. The molecule has 15 heavy (non-hydrogen) atoms. The number of para-hydroxylation sites is 1. The van der Waals surface area contributed by atoms with Gasteiger partial charge < -0.3 is 9.47 Å². The van der Waals surface area contributed by atoms with E-state index >= 15 is 0 Å². The van der Waals surface area contributed by atoms with Gasteiger partial charge in [0.05, 0.1) is 6.10 Å². The maximum absolute atomic E-state index is 13.0. The summed E-state index contributed by atoms with van der Waals surface area (Å²) < 4.78 is 22.8. The summed E-state index contributed by atoms with van der Waals surface area (Å²) in [5.41, 5.74) is 0. The molecule has 4 heteroatoms. The van der Waals surface area contributed by atoms with Crippen LogP contribution in [0.4, 0.5) is 4.39 Å². The summed E-state index contributed by atoms with van der Waals surface area (Å²) in [6.45, 7) is 3.20. The Labute approximate surface area is 87.8 Å². The zero-order valence-electron chi connectivity index (χ0n) is 8.70. The van der Waals surface area contributed by atoms with Gasteiger partial charge in [-0.25, -0.2) is 9.18 Å². The number of rotatable bonds is 4. The number of esters is 1. The van der Waals surface area contributed by atoms with Crippen LogP contribution in [-0.4, -0.2) is 18.7 Å². The quantitative estimate of drug-likeness (QED) is 0.717. The summed E-state index contributed by atoms with van der Waals surface area (Å²) in [5.74, 6) is -0.943. The molecular weight excluding hydrogens is 199 g/mol. The molecule has 0 atom stereocenters. The van der Waals surface area contributed by atoms with Crippen LogP contribution in [0.5, 0.6) is 5.75 Å². The smallest absolute Gasteiger partial charge is 0.344 e. The SMILES string of the molecule is CC(C)OC(=O)COc1ccccc1F. The van der Waals surface area contributed by atoms with Gasteiger partial charge in [-0.3, -0.25) is 0 Å². The van der Waals surface area contributed by atoms with E-state index in [0.717, 1.165) is 0 Å². The number of hydrogen-bond donors (Lipinski definition) is 0. The molecule has 0 heterocycles. The standard InChI is InChI=1S/C11H13FO3/c1-8(2)15-11(13)7-14-10-6-4-3-5-9(10)12/h3-6,8H,7H2,1-2H3. The first kappa shape index (κ1) is 11.5. The van der Waals surface area contributed by atoms with Crippen LogP contribution in [0.2, 0.25) is 0 Å². The van der Waals surface area contributed by atoms with E-state index in [1.54, 1.807) is 26.0 Å². The molecule has 0 unspecified atom stereocenters. The normalized spacial score (nSPS) is 10.1. The third-order valence-electron chi connectivity index (χ3n) is 1.55. The van der Waals surface area contributed by atoms with E-state index in [4.69, 9.17) is 9.47 Å². The Balaban J connectivity index is 2.44. The lowest BCUT2D eigenvalue weighted by molar-refractivity contribution is -0.149. The molecule has 82 valence electrons. The Morgan fingerprint density at radius 2 is 2.07 bits per heavy atom. The van der Waals surface area contributed by atoms with Crippen LogP contribution in [0.1, 0.15) is 13.8 Å². The Bertz CT molecular complexity index is 336. The predicted octanol–water partition coefficient (Wildman–Crippen LogP) is 2.16. The highest BCUT2D eigenvalue weighted by molar-refractivity contribution is 5.71. The van der Waals surface area contributed by atoms with Gasteiger partial charge in [0.1, 0.15) is 0 Å². The highest BCUT2D eigenvalue weighted by Crippen LogP contribution is 2.15. The average Bonchev–Trinajstić information content (AvgIpc) is 2.15. The Morgan fingerprint density at radius 3 is 2.67 bits per heavy atom. The highest BCUT2D eigenvalue weighted by Gasteiger charge is 2.08. The van der Waals surface area contributed by atoms with E-state index in [1.165, 1.54) is 12.1 Å². The van der Waals surface area contributed by atoms with Crippen molar-refractivity contribution in [1.29, 1.82) is 0 Å². The molecule has 0 fully saturated rings. The molecule has 0 amide bonds. The van der Waals surface area contributed by atoms with Crippen LogP contribution in [0.15, 0.2) is 24.3 Å². The number of carbonyl (C=O) groups is 1. The predicted molar refractivity (Wildman–Crippen MR) is 53.1 cm³/mol. The molecule has 0 aliphatic heterocycles. The zero-order valence-corrected chi connectivity index (χ0v) is 8.70. The zero-order chi connectivity index (χ0) is 11.3. The second-order valence-electron chi connectivity index (χ2n) is 3.26. The van der Waals surface area contributed by atoms with Crippen LogP contribution in [0.25, 0.3) is 0 Å². The van der Waals surface area contributed by atoms with Gasteiger partial charge in [-0.15, -0.1) is 0 Å². The number of carbonyl (C=O) groups excluding carboxylic acids is 1. The summed E-state index contributed by atoms with van der Waals surface area (Å²) in [6.07, 6.45) is -0.193. The fourth-order valence-corrected chi connectivity index (χ4v) is 0.995. The van der Waals surface area contributed by atoms with Gasteiger partial charge in [0.2, 0.25) is 0 Å². The summed E-state index contributed by atoms with van der Waals surface area (Å²) in [6, 6.07) is 5.90. The number of ether oxygens (including phenoxy) is 2. The van der Waals surface area contributed by atoms with Crippen LogP contribution in [0.3, 0.4) is 0 Å². The summed E-state index contributed by atoms with van der Waals surface area (Å²) in [7, 11) is 0. The molecule has 0 spiro atoms. The van der Waals surface area contributed by atoms with Gasteiger partial charge in [-0.05, 0) is 26.0 Å². The molecule has 1 aromatic rings. The molecule has 0 saturated carbocycles. The average molecular weight is 212 g/mol. The van der Waals surface area contributed by atoms with E-state index < -0.39 is 11.8 Å². The largest absolute Gasteiger partial charge is 0.479 e. The van der Waals surface area contributed by atoms with E-state index in [-0.39, 0.29) is 18.5 Å². The molecule has 0 saturated heterocycles. The second-order valence-corrected chi connectivity index (χ2v) is 3.26. The number of hydrogen-bond acceptors (Lipinski definition) is 3. The minimum Gasteiger partial charge on any atom is -0.479 e. The third-order valence-corrected chi connectivity index (χ3v) is 1.55. The maximum atomic E-state index is 13.0. The van der Waals surface area contributed by atoms with Crippen LogP contribution >= 0.6 is 0 Å².